The van der Waals surface area contributed by atoms with E-state index in [2.05, 4.69) is 118 Å². The lowest BCUT2D eigenvalue weighted by molar-refractivity contribution is -0.167. The Bertz CT molecular complexity index is 1200. The van der Waals surface area contributed by atoms with Gasteiger partial charge in [-0.25, -0.2) is 0 Å². The van der Waals surface area contributed by atoms with Gasteiger partial charge in [-0.15, -0.1) is 0 Å². The third-order valence-electron chi connectivity index (χ3n) is 9.33. The van der Waals surface area contributed by atoms with Crippen molar-refractivity contribution in [1.29, 1.82) is 0 Å². The number of hydrogen-bond acceptors (Lipinski definition) is 6. The first kappa shape index (κ1) is 54.3. The summed E-state index contributed by atoms with van der Waals surface area (Å²) in [5.74, 6) is -1.01. The Morgan fingerprint density at radius 1 is 0.379 bits per heavy atom. The van der Waals surface area contributed by atoms with Gasteiger partial charge in [-0.2, -0.15) is 0 Å². The second kappa shape index (κ2) is 46.0. The number of unbranched alkanes of at least 4 members (excludes halogenated alkanes) is 14. The van der Waals surface area contributed by atoms with Crippen molar-refractivity contribution in [3.8, 4) is 0 Å². The molecule has 0 rings (SSSR count). The highest BCUT2D eigenvalue weighted by molar-refractivity contribution is 5.71. The van der Waals surface area contributed by atoms with Crippen LogP contribution in [0.2, 0.25) is 0 Å². The lowest BCUT2D eigenvalue weighted by Crippen LogP contribution is -2.30. The maximum atomic E-state index is 12.7. The molecular weight excluding hydrogens is 721 g/mol. The molecule has 0 aliphatic carbocycles. The first-order valence-corrected chi connectivity index (χ1v) is 23.3. The molecule has 0 saturated carbocycles. The van der Waals surface area contributed by atoms with Crippen molar-refractivity contribution in [3.63, 3.8) is 0 Å². The van der Waals surface area contributed by atoms with Crippen LogP contribution >= 0.6 is 0 Å². The van der Waals surface area contributed by atoms with Crippen molar-refractivity contribution in [3.05, 3.63) is 97.2 Å². The van der Waals surface area contributed by atoms with Crippen LogP contribution in [0.15, 0.2) is 97.2 Å². The second-order valence-electron chi connectivity index (χ2n) is 14.9. The van der Waals surface area contributed by atoms with Crippen LogP contribution in [0.1, 0.15) is 194 Å². The van der Waals surface area contributed by atoms with E-state index in [0.717, 1.165) is 109 Å². The molecule has 0 aromatic rings. The van der Waals surface area contributed by atoms with Crippen LogP contribution in [-0.2, 0) is 28.6 Å². The molecule has 0 saturated heterocycles. The highest BCUT2D eigenvalue weighted by Crippen LogP contribution is 2.12. The highest BCUT2D eigenvalue weighted by atomic mass is 16.6. The summed E-state index contributed by atoms with van der Waals surface area (Å²) in [5, 5.41) is 0. The van der Waals surface area contributed by atoms with E-state index in [9.17, 15) is 14.4 Å². The minimum Gasteiger partial charge on any atom is -0.462 e. The van der Waals surface area contributed by atoms with Crippen LogP contribution in [0, 0.1) is 0 Å². The smallest absolute Gasteiger partial charge is 0.306 e. The van der Waals surface area contributed by atoms with E-state index in [1.165, 1.54) is 38.5 Å². The van der Waals surface area contributed by atoms with Gasteiger partial charge in [0.25, 0.3) is 0 Å². The van der Waals surface area contributed by atoms with E-state index in [4.69, 9.17) is 14.2 Å². The minimum absolute atomic E-state index is 0.110. The van der Waals surface area contributed by atoms with Gasteiger partial charge >= 0.3 is 17.9 Å². The molecule has 0 aromatic carbocycles. The topological polar surface area (TPSA) is 78.9 Å². The Kier molecular flexibility index (Phi) is 43.1. The normalized spacial score (nSPS) is 12.9. The fourth-order valence-corrected chi connectivity index (χ4v) is 5.88. The van der Waals surface area contributed by atoms with Gasteiger partial charge in [0.05, 0.1) is 0 Å². The predicted octanol–water partition coefficient (Wildman–Crippen LogP) is 15.0. The van der Waals surface area contributed by atoms with Crippen LogP contribution < -0.4 is 0 Å². The Balaban J connectivity index is 4.51. The molecule has 58 heavy (non-hydrogen) atoms. The molecule has 1 unspecified atom stereocenters. The molecule has 0 aromatic heterocycles. The number of rotatable bonds is 40. The largest absolute Gasteiger partial charge is 0.462 e. The van der Waals surface area contributed by atoms with Crippen LogP contribution in [-0.4, -0.2) is 37.2 Å². The molecule has 0 bridgehead atoms. The average molecular weight is 805 g/mol. The van der Waals surface area contributed by atoms with Crippen molar-refractivity contribution in [2.45, 2.75) is 200 Å². The second-order valence-corrected chi connectivity index (χ2v) is 14.9. The SMILES string of the molecule is CC/C=C\C/C=C\C/C=C\CCCCCCC(=O)OC(COC(=O)CCC/C=C\C/C=C\C/C=C\CC)COC(=O)CCCCCCCC/C=C\C=C/CCCCC. The first-order chi connectivity index (χ1) is 28.5. The molecule has 0 fully saturated rings. The van der Waals surface area contributed by atoms with E-state index < -0.39 is 6.10 Å². The molecule has 0 aliphatic heterocycles. The number of carbonyl (C=O) groups is 3. The van der Waals surface area contributed by atoms with Crippen molar-refractivity contribution < 1.29 is 28.6 Å². The van der Waals surface area contributed by atoms with Crippen molar-refractivity contribution in [2.75, 3.05) is 13.2 Å². The van der Waals surface area contributed by atoms with Crippen molar-refractivity contribution >= 4 is 17.9 Å². The number of allylic oxidation sites excluding steroid dienone is 16. The van der Waals surface area contributed by atoms with Gasteiger partial charge in [0.1, 0.15) is 13.2 Å². The van der Waals surface area contributed by atoms with E-state index in [0.29, 0.717) is 12.8 Å². The Morgan fingerprint density at radius 3 is 1.22 bits per heavy atom. The Hall–Kier alpha value is -3.67. The molecule has 0 N–H and O–H groups in total. The number of carbonyl (C=O) groups excluding carboxylic acids is 3. The van der Waals surface area contributed by atoms with E-state index in [-0.39, 0.29) is 44.0 Å². The fraction of sp³-hybridized carbons (Fsp3) is 0.635. The van der Waals surface area contributed by atoms with Crippen LogP contribution in [0.25, 0.3) is 0 Å². The zero-order valence-corrected chi connectivity index (χ0v) is 37.3. The number of ether oxygens (including phenoxy) is 3. The molecule has 0 aliphatic rings. The van der Waals surface area contributed by atoms with Gasteiger partial charge in [-0.3, -0.25) is 14.4 Å². The average Bonchev–Trinajstić information content (AvgIpc) is 3.22. The molecule has 0 spiro atoms. The Labute approximate surface area is 356 Å². The number of esters is 3. The quantitative estimate of drug-likeness (QED) is 0.0202. The van der Waals surface area contributed by atoms with Crippen LogP contribution in [0.3, 0.4) is 0 Å². The molecular formula is C52H84O6. The van der Waals surface area contributed by atoms with Gasteiger partial charge < -0.3 is 14.2 Å². The maximum absolute atomic E-state index is 12.7. The standard InChI is InChI=1S/C52H84O6/c1-4-7-10-13-16-19-22-24-26-28-30-33-36-39-42-45-51(54)57-48-49(47-56-50(53)44-41-38-35-32-29-21-18-15-12-9-6-3)58-52(55)46-43-40-37-34-31-27-25-23-20-17-14-11-8-5-2/h8-9,11-12,16-22,24-25,27,32,35,49H,4-7,10,13-15,23,26,28-31,33-34,36-48H2,1-3H3/b11-8-,12-9-,19-16-,20-17-,21-18-,24-22-,27-25-,35-32-. The first-order valence-electron chi connectivity index (χ1n) is 23.3. The zero-order chi connectivity index (χ0) is 42.3. The molecule has 0 amide bonds. The third-order valence-corrected chi connectivity index (χ3v) is 9.33. The molecule has 6 heteroatoms. The third kappa shape index (κ3) is 43.5. The lowest BCUT2D eigenvalue weighted by Gasteiger charge is -2.18. The van der Waals surface area contributed by atoms with Gasteiger partial charge in [0.2, 0.25) is 0 Å². The summed E-state index contributed by atoms with van der Waals surface area (Å²) in [7, 11) is 0. The zero-order valence-electron chi connectivity index (χ0n) is 37.3. The van der Waals surface area contributed by atoms with E-state index in [1.807, 2.05) is 0 Å². The van der Waals surface area contributed by atoms with Crippen molar-refractivity contribution in [2.24, 2.45) is 0 Å². The van der Waals surface area contributed by atoms with Gasteiger partial charge in [0, 0.05) is 19.3 Å². The van der Waals surface area contributed by atoms with Crippen molar-refractivity contribution in [1.82, 2.24) is 0 Å². The maximum Gasteiger partial charge on any atom is 0.306 e. The van der Waals surface area contributed by atoms with Crippen LogP contribution in [0.5, 0.6) is 0 Å². The summed E-state index contributed by atoms with van der Waals surface area (Å²) in [5.41, 5.74) is 0. The highest BCUT2D eigenvalue weighted by Gasteiger charge is 2.19. The predicted molar refractivity (Wildman–Crippen MR) is 247 cm³/mol. The van der Waals surface area contributed by atoms with Gasteiger partial charge in [-0.05, 0) is 103 Å². The molecule has 0 heterocycles. The van der Waals surface area contributed by atoms with E-state index in [1.54, 1.807) is 0 Å². The molecule has 0 radical (unpaired) electrons. The number of hydrogen-bond donors (Lipinski definition) is 0. The summed E-state index contributed by atoms with van der Waals surface area (Å²) in [6.07, 6.45) is 59.7. The summed E-state index contributed by atoms with van der Waals surface area (Å²) >= 11 is 0. The minimum atomic E-state index is -0.813. The molecule has 1 atom stereocenters. The van der Waals surface area contributed by atoms with Gasteiger partial charge in [0.15, 0.2) is 6.10 Å². The lowest BCUT2D eigenvalue weighted by atomic mass is 10.1. The Morgan fingerprint density at radius 2 is 0.741 bits per heavy atom. The molecule has 6 nitrogen and oxygen atoms in total. The monoisotopic (exact) mass is 805 g/mol. The van der Waals surface area contributed by atoms with E-state index >= 15 is 0 Å². The summed E-state index contributed by atoms with van der Waals surface area (Å²) in [6, 6.07) is 0. The van der Waals surface area contributed by atoms with Gasteiger partial charge in [-0.1, -0.05) is 169 Å². The summed E-state index contributed by atoms with van der Waals surface area (Å²) in [4.78, 5) is 37.8. The van der Waals surface area contributed by atoms with Crippen LogP contribution in [0.4, 0.5) is 0 Å². The fourth-order valence-electron chi connectivity index (χ4n) is 5.88. The summed E-state index contributed by atoms with van der Waals surface area (Å²) in [6.45, 7) is 6.27. The summed E-state index contributed by atoms with van der Waals surface area (Å²) < 4.78 is 16.6. The molecule has 328 valence electrons.